The minimum Gasteiger partial charge on any atom is -0.334 e. The average Bonchev–Trinajstić information content (AvgIpc) is 3.39. The Hall–Kier alpha value is -2.96. The summed E-state index contributed by atoms with van der Waals surface area (Å²) in [6, 6.07) is 12.2. The van der Waals surface area contributed by atoms with Crippen LogP contribution < -0.4 is 0 Å². The fraction of sp³-hybridized carbons (Fsp3) is 0.400. The molecule has 3 heterocycles. The van der Waals surface area contributed by atoms with Gasteiger partial charge in [0.1, 0.15) is 17.8 Å². The minimum atomic E-state index is 0.0742. The number of rotatable bonds is 5. The van der Waals surface area contributed by atoms with Crippen LogP contribution >= 0.6 is 0 Å². The van der Waals surface area contributed by atoms with Gasteiger partial charge in [0.15, 0.2) is 0 Å². The summed E-state index contributed by atoms with van der Waals surface area (Å²) < 4.78 is 3.70. The monoisotopic (exact) mass is 364 g/mol. The number of aromatic nitrogens is 5. The first-order chi connectivity index (χ1) is 13.1. The Balaban J connectivity index is 1.46. The second kappa shape index (κ2) is 7.34. The van der Waals surface area contributed by atoms with E-state index in [1.807, 2.05) is 59.8 Å². The normalized spacial score (nSPS) is 16.8. The molecule has 140 valence electrons. The predicted molar refractivity (Wildman–Crippen MR) is 102 cm³/mol. The van der Waals surface area contributed by atoms with Crippen molar-refractivity contribution in [3.8, 4) is 5.69 Å². The lowest BCUT2D eigenvalue weighted by Crippen LogP contribution is -2.37. The molecule has 1 unspecified atom stereocenters. The third-order valence-electron chi connectivity index (χ3n) is 5.21. The number of para-hydroxylation sites is 1. The SMILES string of the molecule is Cc1cc(C(=O)N2CCCC2CCc2nncn2-c2ccccc2)n(C)n1. The molecule has 0 bridgehead atoms. The Morgan fingerprint density at radius 1 is 1.26 bits per heavy atom. The van der Waals surface area contributed by atoms with Crippen molar-refractivity contribution in [1.82, 2.24) is 29.4 Å². The van der Waals surface area contributed by atoms with Gasteiger partial charge in [-0.1, -0.05) is 18.2 Å². The van der Waals surface area contributed by atoms with Gasteiger partial charge in [-0.3, -0.25) is 14.0 Å². The second-order valence-corrected chi connectivity index (χ2v) is 7.08. The van der Waals surface area contributed by atoms with Crippen LogP contribution in [-0.2, 0) is 13.5 Å². The minimum absolute atomic E-state index is 0.0742. The van der Waals surface area contributed by atoms with Crippen molar-refractivity contribution in [2.75, 3.05) is 6.54 Å². The van der Waals surface area contributed by atoms with Gasteiger partial charge in [0.25, 0.3) is 5.91 Å². The molecule has 1 amide bonds. The van der Waals surface area contributed by atoms with Crippen molar-refractivity contribution in [1.29, 1.82) is 0 Å². The average molecular weight is 364 g/mol. The first kappa shape index (κ1) is 17.5. The summed E-state index contributed by atoms with van der Waals surface area (Å²) in [7, 11) is 1.83. The van der Waals surface area contributed by atoms with Gasteiger partial charge in [-0.15, -0.1) is 10.2 Å². The Kier molecular flexibility index (Phi) is 4.75. The molecule has 0 N–H and O–H groups in total. The van der Waals surface area contributed by atoms with E-state index in [-0.39, 0.29) is 11.9 Å². The summed E-state index contributed by atoms with van der Waals surface area (Å²) >= 11 is 0. The number of nitrogens with zero attached hydrogens (tertiary/aromatic N) is 6. The van der Waals surface area contributed by atoms with Crippen LogP contribution in [0, 0.1) is 6.92 Å². The van der Waals surface area contributed by atoms with E-state index < -0.39 is 0 Å². The van der Waals surface area contributed by atoms with E-state index in [1.54, 1.807) is 11.0 Å². The van der Waals surface area contributed by atoms with Gasteiger partial charge in [-0.05, 0) is 44.4 Å². The molecule has 1 saturated heterocycles. The molecule has 7 nitrogen and oxygen atoms in total. The molecule has 1 atom stereocenters. The highest BCUT2D eigenvalue weighted by molar-refractivity contribution is 5.93. The molecule has 1 fully saturated rings. The Labute approximate surface area is 158 Å². The molecular weight excluding hydrogens is 340 g/mol. The second-order valence-electron chi connectivity index (χ2n) is 7.08. The van der Waals surface area contributed by atoms with Crippen molar-refractivity contribution < 1.29 is 4.79 Å². The van der Waals surface area contributed by atoms with Crippen molar-refractivity contribution in [2.24, 2.45) is 7.05 Å². The van der Waals surface area contributed by atoms with E-state index >= 15 is 0 Å². The zero-order valence-electron chi connectivity index (χ0n) is 15.7. The van der Waals surface area contributed by atoms with Gasteiger partial charge in [0.05, 0.1) is 5.69 Å². The van der Waals surface area contributed by atoms with Gasteiger partial charge in [-0.25, -0.2) is 0 Å². The molecule has 27 heavy (non-hydrogen) atoms. The van der Waals surface area contributed by atoms with Crippen LogP contribution in [0.2, 0.25) is 0 Å². The van der Waals surface area contributed by atoms with Gasteiger partial charge in [-0.2, -0.15) is 5.10 Å². The molecule has 7 heteroatoms. The molecule has 0 saturated carbocycles. The summed E-state index contributed by atoms with van der Waals surface area (Å²) in [5.41, 5.74) is 2.58. The lowest BCUT2D eigenvalue weighted by atomic mass is 10.1. The predicted octanol–water partition coefficient (Wildman–Crippen LogP) is 2.55. The summed E-state index contributed by atoms with van der Waals surface area (Å²) in [5, 5.41) is 12.7. The molecular formula is C20H24N6O. The number of hydrogen-bond acceptors (Lipinski definition) is 4. The van der Waals surface area contributed by atoms with Crippen molar-refractivity contribution in [3.63, 3.8) is 0 Å². The maximum atomic E-state index is 13.0. The van der Waals surface area contributed by atoms with E-state index in [0.717, 1.165) is 49.4 Å². The molecule has 3 aromatic rings. The maximum Gasteiger partial charge on any atom is 0.272 e. The zero-order chi connectivity index (χ0) is 18.8. The summed E-state index contributed by atoms with van der Waals surface area (Å²) in [5.74, 6) is 1.00. The Morgan fingerprint density at radius 3 is 2.81 bits per heavy atom. The topological polar surface area (TPSA) is 68.8 Å². The smallest absolute Gasteiger partial charge is 0.272 e. The number of likely N-dealkylation sites (tertiary alicyclic amines) is 1. The maximum absolute atomic E-state index is 13.0. The molecule has 0 radical (unpaired) electrons. The van der Waals surface area contributed by atoms with Crippen LogP contribution in [0.25, 0.3) is 5.69 Å². The van der Waals surface area contributed by atoms with E-state index in [9.17, 15) is 4.79 Å². The van der Waals surface area contributed by atoms with Crippen LogP contribution in [0.15, 0.2) is 42.7 Å². The first-order valence-electron chi connectivity index (χ1n) is 9.39. The summed E-state index contributed by atoms with van der Waals surface area (Å²) in [6.45, 7) is 2.72. The molecule has 1 aromatic carbocycles. The van der Waals surface area contributed by atoms with Crippen LogP contribution in [0.3, 0.4) is 0 Å². The van der Waals surface area contributed by atoms with Gasteiger partial charge >= 0.3 is 0 Å². The van der Waals surface area contributed by atoms with Crippen LogP contribution in [0.4, 0.5) is 0 Å². The van der Waals surface area contributed by atoms with Gasteiger partial charge in [0.2, 0.25) is 0 Å². The molecule has 1 aliphatic heterocycles. The third-order valence-corrected chi connectivity index (χ3v) is 5.21. The molecule has 0 aliphatic carbocycles. The molecule has 2 aromatic heterocycles. The Bertz CT molecular complexity index is 929. The van der Waals surface area contributed by atoms with E-state index in [4.69, 9.17) is 0 Å². The third kappa shape index (κ3) is 3.49. The highest BCUT2D eigenvalue weighted by atomic mass is 16.2. The van der Waals surface area contributed by atoms with E-state index in [0.29, 0.717) is 5.69 Å². The van der Waals surface area contributed by atoms with E-state index in [2.05, 4.69) is 15.3 Å². The van der Waals surface area contributed by atoms with E-state index in [1.165, 1.54) is 0 Å². The highest BCUT2D eigenvalue weighted by Crippen LogP contribution is 2.24. The summed E-state index contributed by atoms with van der Waals surface area (Å²) in [6.07, 6.45) is 5.49. The van der Waals surface area contributed by atoms with Crippen LogP contribution in [-0.4, -0.2) is 47.9 Å². The van der Waals surface area contributed by atoms with Crippen molar-refractivity contribution >= 4 is 5.91 Å². The van der Waals surface area contributed by atoms with Crippen LogP contribution in [0.5, 0.6) is 0 Å². The zero-order valence-corrected chi connectivity index (χ0v) is 15.7. The van der Waals surface area contributed by atoms with Gasteiger partial charge in [0, 0.05) is 31.7 Å². The fourth-order valence-electron chi connectivity index (χ4n) is 3.89. The Morgan fingerprint density at radius 2 is 2.07 bits per heavy atom. The fourth-order valence-corrected chi connectivity index (χ4v) is 3.89. The number of hydrogen-bond donors (Lipinski definition) is 0. The largest absolute Gasteiger partial charge is 0.334 e. The number of carbonyl (C=O) groups is 1. The summed E-state index contributed by atoms with van der Waals surface area (Å²) in [4.78, 5) is 15.0. The standard InChI is InChI=1S/C20H24N6O/c1-15-13-18(24(2)23-15)20(27)25-12-6-9-17(25)10-11-19-22-21-14-26(19)16-7-4-3-5-8-16/h3-5,7-8,13-14,17H,6,9-12H2,1-2H3. The van der Waals surface area contributed by atoms with Gasteiger partial charge < -0.3 is 4.90 Å². The highest BCUT2D eigenvalue weighted by Gasteiger charge is 2.31. The van der Waals surface area contributed by atoms with Crippen molar-refractivity contribution in [3.05, 3.63) is 59.9 Å². The molecule has 0 spiro atoms. The molecule has 1 aliphatic rings. The lowest BCUT2D eigenvalue weighted by Gasteiger charge is -2.24. The number of amides is 1. The number of aryl methyl sites for hydroxylation is 3. The van der Waals surface area contributed by atoms with Crippen molar-refractivity contribution in [2.45, 2.75) is 38.6 Å². The number of benzene rings is 1. The quantitative estimate of drug-likeness (QED) is 0.698. The number of carbonyl (C=O) groups excluding carboxylic acids is 1. The molecule has 4 rings (SSSR count). The van der Waals surface area contributed by atoms with Crippen LogP contribution in [0.1, 0.15) is 41.3 Å². The first-order valence-corrected chi connectivity index (χ1v) is 9.39. The lowest BCUT2D eigenvalue weighted by molar-refractivity contribution is 0.0719.